The number of rotatable bonds is 6. The summed E-state index contributed by atoms with van der Waals surface area (Å²) in [4.78, 5) is 0. The zero-order valence-electron chi connectivity index (χ0n) is 12.8. The first-order valence-corrected chi connectivity index (χ1v) is 8.15. The summed E-state index contributed by atoms with van der Waals surface area (Å²) in [5.41, 5.74) is 0. The molecule has 4 heteroatoms. The Bertz CT molecular complexity index is 283. The maximum absolute atomic E-state index is 9.97. The Morgan fingerprint density at radius 3 is 2.10 bits per heavy atom. The highest BCUT2D eigenvalue weighted by molar-refractivity contribution is 5.85. The second-order valence-electron chi connectivity index (χ2n) is 7.45. The van der Waals surface area contributed by atoms with Gasteiger partial charge in [-0.05, 0) is 55.8 Å². The molecule has 0 aromatic carbocycles. The fraction of sp³-hybridized carbons (Fsp3) is 1.00. The third kappa shape index (κ3) is 3.68. The van der Waals surface area contributed by atoms with Crippen molar-refractivity contribution in [3.05, 3.63) is 0 Å². The smallest absolute Gasteiger partial charge is 0.0897 e. The minimum atomic E-state index is -0.361. The van der Waals surface area contributed by atoms with Crippen LogP contribution in [-0.2, 0) is 4.74 Å². The summed E-state index contributed by atoms with van der Waals surface area (Å²) in [6, 6.07) is 0.427. The van der Waals surface area contributed by atoms with Crippen molar-refractivity contribution in [2.75, 3.05) is 13.2 Å². The van der Waals surface area contributed by atoms with Crippen LogP contribution in [0.4, 0.5) is 0 Å². The summed E-state index contributed by atoms with van der Waals surface area (Å²) in [6.07, 6.45) is 7.12. The Morgan fingerprint density at radius 2 is 1.60 bits per heavy atom. The molecule has 1 unspecified atom stereocenters. The van der Waals surface area contributed by atoms with Crippen LogP contribution in [0.3, 0.4) is 0 Å². The van der Waals surface area contributed by atoms with E-state index < -0.39 is 0 Å². The van der Waals surface area contributed by atoms with Gasteiger partial charge >= 0.3 is 0 Å². The van der Waals surface area contributed by atoms with E-state index in [1.807, 2.05) is 0 Å². The van der Waals surface area contributed by atoms with E-state index in [0.29, 0.717) is 25.3 Å². The van der Waals surface area contributed by atoms with Crippen LogP contribution < -0.4 is 5.32 Å². The average molecular weight is 304 g/mol. The molecule has 0 amide bonds. The molecule has 0 radical (unpaired) electrons. The highest BCUT2D eigenvalue weighted by atomic mass is 35.5. The molecule has 4 rings (SSSR count). The highest BCUT2D eigenvalue weighted by Crippen LogP contribution is 2.54. The van der Waals surface area contributed by atoms with Crippen molar-refractivity contribution >= 4 is 12.4 Å². The first-order chi connectivity index (χ1) is 9.11. The molecular weight excluding hydrogens is 274 g/mol. The molecule has 4 aliphatic carbocycles. The Kier molecular flexibility index (Phi) is 5.75. The predicted octanol–water partition coefficient (Wildman–Crippen LogP) is 2.61. The van der Waals surface area contributed by atoms with Crippen LogP contribution in [0, 0.1) is 23.7 Å². The van der Waals surface area contributed by atoms with E-state index in [1.165, 1.54) is 32.1 Å². The maximum atomic E-state index is 9.97. The van der Waals surface area contributed by atoms with E-state index in [9.17, 15) is 5.11 Å². The van der Waals surface area contributed by atoms with Crippen molar-refractivity contribution < 1.29 is 9.84 Å². The van der Waals surface area contributed by atoms with Crippen LogP contribution in [-0.4, -0.2) is 36.5 Å². The van der Waals surface area contributed by atoms with Crippen molar-refractivity contribution in [2.45, 2.75) is 64.2 Å². The van der Waals surface area contributed by atoms with Gasteiger partial charge < -0.3 is 15.2 Å². The van der Waals surface area contributed by atoms with Crippen molar-refractivity contribution in [1.82, 2.24) is 5.32 Å². The number of ether oxygens (including phenoxy) is 1. The second-order valence-corrected chi connectivity index (χ2v) is 7.45. The predicted molar refractivity (Wildman–Crippen MR) is 83.2 cm³/mol. The Balaban J connectivity index is 0.00000147. The van der Waals surface area contributed by atoms with Crippen molar-refractivity contribution in [1.29, 1.82) is 0 Å². The van der Waals surface area contributed by atoms with Crippen molar-refractivity contribution in [3.63, 3.8) is 0 Å². The summed E-state index contributed by atoms with van der Waals surface area (Å²) in [7, 11) is 0. The minimum absolute atomic E-state index is 0. The van der Waals surface area contributed by atoms with Gasteiger partial charge in [-0.3, -0.25) is 0 Å². The van der Waals surface area contributed by atoms with Gasteiger partial charge in [-0.2, -0.15) is 0 Å². The first-order valence-electron chi connectivity index (χ1n) is 8.15. The van der Waals surface area contributed by atoms with Crippen LogP contribution >= 0.6 is 12.4 Å². The zero-order valence-corrected chi connectivity index (χ0v) is 13.6. The van der Waals surface area contributed by atoms with Crippen LogP contribution in [0.1, 0.15) is 46.0 Å². The average Bonchev–Trinajstić information content (AvgIpc) is 2.34. The molecule has 0 heterocycles. The van der Waals surface area contributed by atoms with Gasteiger partial charge in [0.25, 0.3) is 0 Å². The van der Waals surface area contributed by atoms with E-state index in [-0.39, 0.29) is 18.5 Å². The molecule has 118 valence electrons. The van der Waals surface area contributed by atoms with E-state index >= 15 is 0 Å². The topological polar surface area (TPSA) is 41.5 Å². The van der Waals surface area contributed by atoms with Gasteiger partial charge in [0, 0.05) is 12.6 Å². The molecule has 2 N–H and O–H groups in total. The monoisotopic (exact) mass is 303 g/mol. The molecule has 20 heavy (non-hydrogen) atoms. The lowest BCUT2D eigenvalue weighted by Crippen LogP contribution is -2.50. The van der Waals surface area contributed by atoms with Gasteiger partial charge in [-0.15, -0.1) is 12.4 Å². The van der Waals surface area contributed by atoms with E-state index in [2.05, 4.69) is 19.2 Å². The molecule has 0 saturated heterocycles. The lowest BCUT2D eigenvalue weighted by atomic mass is 9.55. The van der Waals surface area contributed by atoms with Crippen molar-refractivity contribution in [2.24, 2.45) is 23.7 Å². The second kappa shape index (κ2) is 6.95. The van der Waals surface area contributed by atoms with Crippen molar-refractivity contribution in [3.8, 4) is 0 Å². The van der Waals surface area contributed by atoms with Gasteiger partial charge in [0.1, 0.15) is 0 Å². The molecule has 0 aliphatic heterocycles. The third-order valence-electron chi connectivity index (χ3n) is 5.38. The summed E-state index contributed by atoms with van der Waals surface area (Å²) in [5, 5.41) is 13.2. The van der Waals surface area contributed by atoms with Gasteiger partial charge in [0.2, 0.25) is 0 Å². The normalized spacial score (nSPS) is 39.9. The van der Waals surface area contributed by atoms with Gasteiger partial charge in [-0.25, -0.2) is 0 Å². The number of aliphatic hydroxyl groups excluding tert-OH is 1. The van der Waals surface area contributed by atoms with E-state index in [4.69, 9.17) is 4.74 Å². The molecule has 0 spiro atoms. The molecule has 0 aromatic heterocycles. The fourth-order valence-corrected chi connectivity index (χ4v) is 4.80. The maximum Gasteiger partial charge on any atom is 0.0897 e. The molecule has 3 nitrogen and oxygen atoms in total. The summed E-state index contributed by atoms with van der Waals surface area (Å²) < 4.78 is 6.12. The quantitative estimate of drug-likeness (QED) is 0.792. The van der Waals surface area contributed by atoms with Crippen LogP contribution in [0.25, 0.3) is 0 Å². The molecule has 1 atom stereocenters. The van der Waals surface area contributed by atoms with Gasteiger partial charge in [0.15, 0.2) is 0 Å². The summed E-state index contributed by atoms with van der Waals surface area (Å²) in [6.45, 7) is 5.36. The molecular formula is C16H30ClNO2. The number of hydrogen-bond donors (Lipinski definition) is 2. The number of nitrogens with one attached hydrogen (secondary N) is 1. The Morgan fingerprint density at radius 1 is 1.05 bits per heavy atom. The lowest BCUT2D eigenvalue weighted by molar-refractivity contribution is -0.139. The molecule has 4 aliphatic rings. The number of hydrogen-bond acceptors (Lipinski definition) is 3. The zero-order chi connectivity index (χ0) is 13.4. The van der Waals surface area contributed by atoms with Gasteiger partial charge in [0.05, 0.1) is 18.8 Å². The first kappa shape index (κ1) is 16.5. The van der Waals surface area contributed by atoms with E-state index in [0.717, 1.165) is 23.7 Å². The molecule has 0 aromatic rings. The largest absolute Gasteiger partial charge is 0.389 e. The Labute approximate surface area is 129 Å². The summed E-state index contributed by atoms with van der Waals surface area (Å²) in [5.74, 6) is 3.58. The fourth-order valence-electron chi connectivity index (χ4n) is 4.80. The van der Waals surface area contributed by atoms with Crippen LogP contribution in [0.2, 0.25) is 0 Å². The molecule has 4 bridgehead atoms. The molecule has 4 fully saturated rings. The van der Waals surface area contributed by atoms with E-state index in [1.54, 1.807) is 0 Å². The molecule has 4 saturated carbocycles. The third-order valence-corrected chi connectivity index (χ3v) is 5.38. The SMILES string of the molecule is CC(C)NCC(O)COC1C2CC3CC(C2)CC1C3.Cl. The number of halogens is 1. The van der Waals surface area contributed by atoms with Crippen LogP contribution in [0.15, 0.2) is 0 Å². The standard InChI is InChI=1S/C16H29NO2.ClH/c1-10(2)17-8-15(18)9-19-16-13-4-11-3-12(6-13)7-14(16)5-11;/h10-18H,3-9H2,1-2H3;1H. The van der Waals surface area contributed by atoms with Gasteiger partial charge in [-0.1, -0.05) is 13.8 Å². The number of aliphatic hydroxyl groups is 1. The Hall–Kier alpha value is 0.170. The van der Waals surface area contributed by atoms with Crippen LogP contribution in [0.5, 0.6) is 0 Å². The minimum Gasteiger partial charge on any atom is -0.389 e. The summed E-state index contributed by atoms with van der Waals surface area (Å²) >= 11 is 0. The lowest BCUT2D eigenvalue weighted by Gasteiger charge is -2.54. The highest BCUT2D eigenvalue weighted by Gasteiger charge is 2.48.